The van der Waals surface area contributed by atoms with Crippen LogP contribution in [0.3, 0.4) is 0 Å². The molecule has 0 heterocycles. The van der Waals surface area contributed by atoms with E-state index in [1.54, 1.807) is 0 Å². The zero-order valence-corrected chi connectivity index (χ0v) is 14.7. The van der Waals surface area contributed by atoms with Crippen molar-refractivity contribution in [2.45, 2.75) is 51.5 Å². The molecule has 0 aliphatic heterocycles. The van der Waals surface area contributed by atoms with Crippen molar-refractivity contribution < 1.29 is 0 Å². The van der Waals surface area contributed by atoms with Crippen LogP contribution in [0.5, 0.6) is 0 Å². The van der Waals surface area contributed by atoms with Gasteiger partial charge in [-0.3, -0.25) is 0 Å². The first kappa shape index (κ1) is 14.3. The van der Waals surface area contributed by atoms with E-state index < -0.39 is 0 Å². The smallest absolute Gasteiger partial charge is 0.0375 e. The minimum atomic E-state index is 0.501. The van der Waals surface area contributed by atoms with Crippen molar-refractivity contribution in [3.63, 3.8) is 0 Å². The monoisotopic (exact) mass is 347 g/mol. The molecule has 1 nitrogen and oxygen atoms in total. The number of nitrogens with one attached hydrogen (secondary N) is 1. The van der Waals surface area contributed by atoms with Gasteiger partial charge in [-0.1, -0.05) is 35.0 Å². The lowest BCUT2D eigenvalue weighted by atomic mass is 9.43. The highest BCUT2D eigenvalue weighted by Gasteiger charge is 2.58. The van der Waals surface area contributed by atoms with Crippen molar-refractivity contribution in [2.75, 3.05) is 7.05 Å². The van der Waals surface area contributed by atoms with E-state index in [4.69, 9.17) is 0 Å². The van der Waals surface area contributed by atoms with Crippen LogP contribution >= 0.6 is 15.9 Å². The second-order valence-corrected chi connectivity index (χ2v) is 9.32. The van der Waals surface area contributed by atoms with Gasteiger partial charge in [-0.15, -0.1) is 0 Å². The summed E-state index contributed by atoms with van der Waals surface area (Å²) in [6, 6.07) is 9.54. The lowest BCUT2D eigenvalue weighted by molar-refractivity contribution is -0.118. The minimum absolute atomic E-state index is 0.501. The Labute approximate surface area is 137 Å². The molecule has 1 aromatic rings. The molecule has 4 bridgehead atoms. The van der Waals surface area contributed by atoms with Crippen LogP contribution < -0.4 is 5.32 Å². The van der Waals surface area contributed by atoms with Gasteiger partial charge in [0.15, 0.2) is 0 Å². The lowest BCUT2D eigenvalue weighted by Gasteiger charge is -2.63. The number of hydrogen-bond acceptors (Lipinski definition) is 1. The highest BCUT2D eigenvalue weighted by atomic mass is 79.9. The molecule has 3 unspecified atom stereocenters. The number of benzene rings is 1. The fraction of sp³-hybridized carbons (Fsp3) is 0.684. The number of halogens is 1. The van der Waals surface area contributed by atoms with Gasteiger partial charge in [0.2, 0.25) is 0 Å². The normalized spacial score (nSPS) is 42.2. The molecule has 0 spiro atoms. The zero-order valence-electron chi connectivity index (χ0n) is 13.2. The molecule has 114 valence electrons. The summed E-state index contributed by atoms with van der Waals surface area (Å²) in [5.74, 6) is 1.98. The fourth-order valence-electron chi connectivity index (χ4n) is 6.62. The Hall–Kier alpha value is -0.340. The van der Waals surface area contributed by atoms with Gasteiger partial charge in [0.25, 0.3) is 0 Å². The Morgan fingerprint density at radius 1 is 1.10 bits per heavy atom. The molecule has 4 fully saturated rings. The average Bonchev–Trinajstić information content (AvgIpc) is 2.38. The molecule has 3 atom stereocenters. The van der Waals surface area contributed by atoms with Crippen LogP contribution in [0.15, 0.2) is 28.7 Å². The van der Waals surface area contributed by atoms with E-state index in [0.29, 0.717) is 16.9 Å². The molecule has 4 aliphatic carbocycles. The third kappa shape index (κ3) is 2.30. The van der Waals surface area contributed by atoms with Crippen LogP contribution in [0, 0.1) is 22.7 Å². The predicted molar refractivity (Wildman–Crippen MR) is 91.2 cm³/mol. The van der Waals surface area contributed by atoms with Gasteiger partial charge < -0.3 is 5.32 Å². The Bertz CT molecular complexity index is 521. The summed E-state index contributed by atoms with van der Waals surface area (Å²) < 4.78 is 1.18. The van der Waals surface area contributed by atoms with E-state index in [1.165, 1.54) is 48.6 Å². The molecule has 2 heteroatoms. The molecule has 4 aliphatic rings. The third-order valence-corrected chi connectivity index (χ3v) is 7.03. The third-order valence-electron chi connectivity index (χ3n) is 6.50. The Balaban J connectivity index is 1.71. The van der Waals surface area contributed by atoms with Gasteiger partial charge in [0.1, 0.15) is 0 Å². The lowest BCUT2D eigenvalue weighted by Crippen LogP contribution is -2.55. The summed E-state index contributed by atoms with van der Waals surface area (Å²) in [5, 5.41) is 3.70. The van der Waals surface area contributed by atoms with Gasteiger partial charge in [0, 0.05) is 10.5 Å². The van der Waals surface area contributed by atoms with Crippen LogP contribution in [0.25, 0.3) is 0 Å². The molecular formula is C19H26BrN. The van der Waals surface area contributed by atoms with Crippen molar-refractivity contribution in [1.82, 2.24) is 5.32 Å². The molecule has 21 heavy (non-hydrogen) atoms. The van der Waals surface area contributed by atoms with Crippen molar-refractivity contribution >= 4 is 15.9 Å². The van der Waals surface area contributed by atoms with Crippen LogP contribution in [-0.4, -0.2) is 7.05 Å². The molecule has 0 amide bonds. The quantitative estimate of drug-likeness (QED) is 0.780. The van der Waals surface area contributed by atoms with Crippen LogP contribution in [0.1, 0.15) is 57.1 Å². The second-order valence-electron chi connectivity index (χ2n) is 8.41. The SMILES string of the molecule is CNC(c1ccc(Br)cc1)C12CC3CC(CC(C)(C3)C1)C2. The Morgan fingerprint density at radius 3 is 2.24 bits per heavy atom. The maximum Gasteiger partial charge on any atom is 0.0375 e. The fourth-order valence-corrected chi connectivity index (χ4v) is 6.88. The number of rotatable bonds is 3. The maximum atomic E-state index is 3.70. The van der Waals surface area contributed by atoms with E-state index in [-0.39, 0.29) is 0 Å². The zero-order chi connectivity index (χ0) is 14.7. The van der Waals surface area contributed by atoms with Crippen molar-refractivity contribution in [1.29, 1.82) is 0 Å². The first-order chi connectivity index (χ1) is 10.0. The average molecular weight is 348 g/mol. The van der Waals surface area contributed by atoms with Gasteiger partial charge in [-0.25, -0.2) is 0 Å². The molecule has 1 aromatic carbocycles. The van der Waals surface area contributed by atoms with Gasteiger partial charge in [0.05, 0.1) is 0 Å². The van der Waals surface area contributed by atoms with E-state index in [0.717, 1.165) is 11.8 Å². The van der Waals surface area contributed by atoms with E-state index in [2.05, 4.69) is 59.5 Å². The topological polar surface area (TPSA) is 12.0 Å². The van der Waals surface area contributed by atoms with Crippen LogP contribution in [0.4, 0.5) is 0 Å². The minimum Gasteiger partial charge on any atom is -0.313 e. The largest absolute Gasteiger partial charge is 0.313 e. The van der Waals surface area contributed by atoms with Gasteiger partial charge in [-0.2, -0.15) is 0 Å². The summed E-state index contributed by atoms with van der Waals surface area (Å²) in [6.07, 6.45) is 8.80. The summed E-state index contributed by atoms with van der Waals surface area (Å²) in [6.45, 7) is 2.56. The van der Waals surface area contributed by atoms with E-state index in [1.807, 2.05) is 0 Å². The first-order valence-electron chi connectivity index (χ1n) is 8.45. The van der Waals surface area contributed by atoms with E-state index >= 15 is 0 Å². The maximum absolute atomic E-state index is 3.70. The van der Waals surface area contributed by atoms with Gasteiger partial charge >= 0.3 is 0 Å². The standard InChI is InChI=1S/C19H26BrN/c1-18-8-13-7-14(9-18)11-19(10-13,12-18)17(21-2)15-3-5-16(20)6-4-15/h3-6,13-14,17,21H,7-12H2,1-2H3. The summed E-state index contributed by atoms with van der Waals surface area (Å²) >= 11 is 3.57. The van der Waals surface area contributed by atoms with E-state index in [9.17, 15) is 0 Å². The molecular weight excluding hydrogens is 322 g/mol. The second kappa shape index (κ2) is 4.83. The number of hydrogen-bond donors (Lipinski definition) is 1. The predicted octanol–water partition coefficient (Wildman–Crippen LogP) is 5.32. The Morgan fingerprint density at radius 2 is 1.71 bits per heavy atom. The van der Waals surface area contributed by atoms with Crippen LogP contribution in [0.2, 0.25) is 0 Å². The molecule has 0 aromatic heterocycles. The molecule has 0 saturated heterocycles. The molecule has 5 rings (SSSR count). The summed E-state index contributed by atoms with van der Waals surface area (Å²) in [7, 11) is 2.16. The molecule has 4 saturated carbocycles. The highest BCUT2D eigenvalue weighted by molar-refractivity contribution is 9.10. The van der Waals surface area contributed by atoms with Crippen LogP contribution in [-0.2, 0) is 0 Å². The highest BCUT2D eigenvalue weighted by Crippen LogP contribution is 2.68. The Kier molecular flexibility index (Phi) is 3.28. The first-order valence-corrected chi connectivity index (χ1v) is 9.24. The van der Waals surface area contributed by atoms with Crippen molar-refractivity contribution in [2.24, 2.45) is 22.7 Å². The summed E-state index contributed by atoms with van der Waals surface area (Å²) in [5.41, 5.74) is 2.60. The molecule has 0 radical (unpaired) electrons. The molecule has 1 N–H and O–H groups in total. The van der Waals surface area contributed by atoms with Crippen molar-refractivity contribution in [3.05, 3.63) is 34.3 Å². The van der Waals surface area contributed by atoms with Crippen molar-refractivity contribution in [3.8, 4) is 0 Å². The van der Waals surface area contributed by atoms with Gasteiger partial charge in [-0.05, 0) is 85.9 Å². The summed E-state index contributed by atoms with van der Waals surface area (Å²) in [4.78, 5) is 0.